The Balaban J connectivity index is 1.92. The van der Waals surface area contributed by atoms with Crippen molar-refractivity contribution in [3.8, 4) is 0 Å². The first-order chi connectivity index (χ1) is 7.86. The fourth-order valence-electron chi connectivity index (χ4n) is 2.11. The van der Waals surface area contributed by atoms with Gasteiger partial charge in [-0.2, -0.15) is 0 Å². The van der Waals surface area contributed by atoms with Crippen molar-refractivity contribution in [3.05, 3.63) is 12.7 Å². The van der Waals surface area contributed by atoms with E-state index in [9.17, 15) is 0 Å². The lowest BCUT2D eigenvalue weighted by atomic mass is 9.93. The molecular formula is C13H25NO2. The van der Waals surface area contributed by atoms with Gasteiger partial charge in [0.15, 0.2) is 0 Å². The number of rotatable bonds is 8. The van der Waals surface area contributed by atoms with Gasteiger partial charge >= 0.3 is 0 Å². The fraction of sp³-hybridized carbons (Fsp3) is 0.846. The van der Waals surface area contributed by atoms with Crippen LogP contribution in [0.3, 0.4) is 0 Å². The number of nitrogens with one attached hydrogen (secondary N) is 1. The van der Waals surface area contributed by atoms with Crippen molar-refractivity contribution in [2.75, 3.05) is 26.9 Å². The van der Waals surface area contributed by atoms with E-state index in [1.54, 1.807) is 0 Å². The molecule has 1 fully saturated rings. The summed E-state index contributed by atoms with van der Waals surface area (Å²) in [6.07, 6.45) is 8.15. The molecule has 0 aromatic heterocycles. The Bertz CT molecular complexity index is 177. The fourth-order valence-corrected chi connectivity index (χ4v) is 2.11. The van der Waals surface area contributed by atoms with Gasteiger partial charge in [0.1, 0.15) is 0 Å². The van der Waals surface area contributed by atoms with Crippen LogP contribution in [0.1, 0.15) is 32.1 Å². The second-order valence-electron chi connectivity index (χ2n) is 4.35. The summed E-state index contributed by atoms with van der Waals surface area (Å²) in [7, 11) is 1.81. The van der Waals surface area contributed by atoms with Crippen LogP contribution in [0, 0.1) is 0 Å². The van der Waals surface area contributed by atoms with Crippen LogP contribution in [0.25, 0.3) is 0 Å². The Morgan fingerprint density at radius 1 is 1.25 bits per heavy atom. The van der Waals surface area contributed by atoms with Crippen molar-refractivity contribution in [3.63, 3.8) is 0 Å². The van der Waals surface area contributed by atoms with E-state index in [2.05, 4.69) is 11.9 Å². The maximum Gasteiger partial charge on any atom is 0.0591 e. The van der Waals surface area contributed by atoms with Crippen molar-refractivity contribution in [2.45, 2.75) is 44.2 Å². The molecule has 0 spiro atoms. The molecule has 0 atom stereocenters. The second kappa shape index (κ2) is 8.74. The maximum absolute atomic E-state index is 5.45. The largest absolute Gasteiger partial charge is 0.381 e. The molecule has 0 heterocycles. The summed E-state index contributed by atoms with van der Waals surface area (Å²) in [6, 6.07) is 0.661. The molecule has 0 aliphatic heterocycles. The van der Waals surface area contributed by atoms with E-state index in [4.69, 9.17) is 9.47 Å². The highest BCUT2D eigenvalue weighted by Gasteiger charge is 2.19. The van der Waals surface area contributed by atoms with Crippen LogP contribution in [-0.2, 0) is 9.47 Å². The van der Waals surface area contributed by atoms with E-state index in [0.29, 0.717) is 12.1 Å². The zero-order valence-electron chi connectivity index (χ0n) is 10.4. The van der Waals surface area contributed by atoms with E-state index >= 15 is 0 Å². The van der Waals surface area contributed by atoms with Gasteiger partial charge in [0, 0.05) is 19.7 Å². The van der Waals surface area contributed by atoms with Crippen LogP contribution in [0.15, 0.2) is 12.7 Å². The van der Waals surface area contributed by atoms with Crippen molar-refractivity contribution < 1.29 is 9.47 Å². The van der Waals surface area contributed by atoms with E-state index in [1.807, 2.05) is 13.2 Å². The summed E-state index contributed by atoms with van der Waals surface area (Å²) in [5.41, 5.74) is 0. The van der Waals surface area contributed by atoms with Crippen LogP contribution in [0.2, 0.25) is 0 Å². The van der Waals surface area contributed by atoms with E-state index < -0.39 is 0 Å². The maximum atomic E-state index is 5.45. The molecule has 1 N–H and O–H groups in total. The summed E-state index contributed by atoms with van der Waals surface area (Å²) in [5.74, 6) is 0. The van der Waals surface area contributed by atoms with Crippen LogP contribution in [0.5, 0.6) is 0 Å². The minimum atomic E-state index is 0.488. The van der Waals surface area contributed by atoms with Crippen LogP contribution < -0.4 is 5.32 Å². The predicted octanol–water partition coefficient (Wildman–Crippen LogP) is 2.13. The van der Waals surface area contributed by atoms with Gasteiger partial charge < -0.3 is 14.8 Å². The molecule has 0 aromatic carbocycles. The average Bonchev–Trinajstić information content (AvgIpc) is 2.34. The van der Waals surface area contributed by atoms with Crippen LogP contribution in [0.4, 0.5) is 0 Å². The molecule has 3 nitrogen and oxygen atoms in total. The lowest BCUT2D eigenvalue weighted by Crippen LogP contribution is -2.36. The standard InChI is InChI=1S/C13H25NO2/c1-3-4-10-16-11-9-14-12-5-7-13(15-2)8-6-12/h3,12-14H,1,4-11H2,2H3. The van der Waals surface area contributed by atoms with Gasteiger partial charge in [0.25, 0.3) is 0 Å². The van der Waals surface area contributed by atoms with E-state index in [1.165, 1.54) is 25.7 Å². The Kier molecular flexibility index (Phi) is 7.47. The average molecular weight is 227 g/mol. The zero-order valence-corrected chi connectivity index (χ0v) is 10.4. The molecule has 1 rings (SSSR count). The highest BCUT2D eigenvalue weighted by Crippen LogP contribution is 2.20. The lowest BCUT2D eigenvalue weighted by Gasteiger charge is -2.28. The summed E-state index contributed by atoms with van der Waals surface area (Å²) in [5, 5.41) is 3.54. The second-order valence-corrected chi connectivity index (χ2v) is 4.35. The van der Waals surface area contributed by atoms with Crippen LogP contribution >= 0.6 is 0 Å². The molecule has 0 bridgehead atoms. The Hall–Kier alpha value is -0.380. The molecule has 1 aliphatic rings. The molecule has 16 heavy (non-hydrogen) atoms. The first-order valence-corrected chi connectivity index (χ1v) is 6.31. The third kappa shape index (κ3) is 5.64. The SMILES string of the molecule is C=CCCOCCNC1CCC(OC)CC1. The molecule has 0 saturated heterocycles. The minimum Gasteiger partial charge on any atom is -0.381 e. The topological polar surface area (TPSA) is 30.5 Å². The van der Waals surface area contributed by atoms with Crippen molar-refractivity contribution in [1.29, 1.82) is 0 Å². The molecule has 3 heteroatoms. The normalized spacial score (nSPS) is 25.6. The minimum absolute atomic E-state index is 0.488. The highest BCUT2D eigenvalue weighted by molar-refractivity contribution is 4.77. The third-order valence-corrected chi connectivity index (χ3v) is 3.15. The molecule has 0 unspecified atom stereocenters. The molecule has 0 aromatic rings. The zero-order chi connectivity index (χ0) is 11.6. The third-order valence-electron chi connectivity index (χ3n) is 3.15. The highest BCUT2D eigenvalue weighted by atomic mass is 16.5. The van der Waals surface area contributed by atoms with Crippen molar-refractivity contribution in [2.24, 2.45) is 0 Å². The molecule has 1 saturated carbocycles. The van der Waals surface area contributed by atoms with Gasteiger partial charge in [-0.15, -0.1) is 6.58 Å². The molecule has 1 aliphatic carbocycles. The molecular weight excluding hydrogens is 202 g/mol. The van der Waals surface area contributed by atoms with Gasteiger partial charge in [0.2, 0.25) is 0 Å². The van der Waals surface area contributed by atoms with E-state index in [-0.39, 0.29) is 0 Å². The number of ether oxygens (including phenoxy) is 2. The predicted molar refractivity (Wildman–Crippen MR) is 66.7 cm³/mol. The summed E-state index contributed by atoms with van der Waals surface area (Å²) in [4.78, 5) is 0. The Morgan fingerprint density at radius 3 is 2.62 bits per heavy atom. The van der Waals surface area contributed by atoms with Crippen LogP contribution in [-0.4, -0.2) is 39.0 Å². The van der Waals surface area contributed by atoms with Gasteiger partial charge in [-0.05, 0) is 32.1 Å². The van der Waals surface area contributed by atoms with Gasteiger partial charge in [-0.1, -0.05) is 6.08 Å². The summed E-state index contributed by atoms with van der Waals surface area (Å²) < 4.78 is 10.8. The first-order valence-electron chi connectivity index (χ1n) is 6.31. The van der Waals surface area contributed by atoms with Gasteiger partial charge in [-0.3, -0.25) is 0 Å². The molecule has 0 amide bonds. The molecule has 0 radical (unpaired) electrons. The summed E-state index contributed by atoms with van der Waals surface area (Å²) in [6.45, 7) is 6.21. The Morgan fingerprint density at radius 2 is 2.00 bits per heavy atom. The summed E-state index contributed by atoms with van der Waals surface area (Å²) >= 11 is 0. The van der Waals surface area contributed by atoms with Crippen molar-refractivity contribution in [1.82, 2.24) is 5.32 Å². The molecule has 94 valence electrons. The number of hydrogen-bond donors (Lipinski definition) is 1. The van der Waals surface area contributed by atoms with E-state index in [0.717, 1.165) is 26.2 Å². The number of methoxy groups -OCH3 is 1. The lowest BCUT2D eigenvalue weighted by molar-refractivity contribution is 0.0608. The first kappa shape index (κ1) is 13.7. The monoisotopic (exact) mass is 227 g/mol. The van der Waals surface area contributed by atoms with Crippen molar-refractivity contribution >= 4 is 0 Å². The Labute approximate surface area is 99.2 Å². The number of hydrogen-bond acceptors (Lipinski definition) is 3. The van der Waals surface area contributed by atoms with Gasteiger partial charge in [0.05, 0.1) is 19.3 Å². The smallest absolute Gasteiger partial charge is 0.0591 e. The quantitative estimate of drug-likeness (QED) is 0.509. The van der Waals surface area contributed by atoms with Gasteiger partial charge in [-0.25, -0.2) is 0 Å².